The second-order valence-corrected chi connectivity index (χ2v) is 22.1. The van der Waals surface area contributed by atoms with Crippen molar-refractivity contribution in [3.05, 3.63) is 168 Å². The molecule has 0 N–H and O–H groups in total. The Morgan fingerprint density at radius 3 is 0.807 bits per heavy atom. The predicted octanol–water partition coefficient (Wildman–Crippen LogP) is 16.2. The maximum Gasteiger partial charge on any atom is 2.00 e. The summed E-state index contributed by atoms with van der Waals surface area (Å²) in [7, 11) is 0.0331. The quantitative estimate of drug-likeness (QED) is 0.120. The molecule has 0 bridgehead atoms. The molecule has 12 rings (SSSR count). The number of hydrogen-bond donors (Lipinski definition) is 0. The molecular formula is C54H50FeP2+2. The van der Waals surface area contributed by atoms with Crippen molar-refractivity contribution < 1.29 is 17.1 Å². The molecule has 282 valence electrons. The molecule has 0 atom stereocenters. The average molecular weight is 817 g/mol. The third-order valence-electron chi connectivity index (χ3n) is 13.7. The van der Waals surface area contributed by atoms with Crippen molar-refractivity contribution in [2.75, 3.05) is 0 Å². The Morgan fingerprint density at radius 2 is 0.544 bits per heavy atom. The summed E-state index contributed by atoms with van der Waals surface area (Å²) in [6, 6.07) is 55.1. The Hall–Kier alpha value is -3.82. The van der Waals surface area contributed by atoms with Crippen LogP contribution in [0.2, 0.25) is 0 Å². The fourth-order valence-electron chi connectivity index (χ4n) is 11.0. The van der Waals surface area contributed by atoms with Crippen LogP contribution in [-0.2, 0) is 41.7 Å². The Morgan fingerprint density at radius 1 is 0.298 bits per heavy atom. The third kappa shape index (κ3) is 6.88. The number of benzene rings is 8. The molecule has 0 unspecified atom stereocenters. The molecule has 3 heteroatoms. The molecule has 57 heavy (non-hydrogen) atoms. The Bertz CT molecular complexity index is 2390. The zero-order valence-electron chi connectivity index (χ0n) is 32.7. The first-order valence-electron chi connectivity index (χ1n) is 21.3. The van der Waals surface area contributed by atoms with Gasteiger partial charge in [0.15, 0.2) is 0 Å². The molecule has 2 fully saturated rings. The van der Waals surface area contributed by atoms with Crippen LogP contribution >= 0.6 is 15.8 Å². The molecule has 0 aromatic heterocycles. The molecule has 0 spiro atoms. The van der Waals surface area contributed by atoms with Crippen LogP contribution < -0.4 is 0 Å². The molecule has 0 radical (unpaired) electrons. The average Bonchev–Trinajstić information content (AvgIpc) is 3.94. The van der Waals surface area contributed by atoms with Crippen molar-refractivity contribution in [2.45, 2.75) is 87.3 Å². The molecule has 0 nitrogen and oxygen atoms in total. The van der Waals surface area contributed by atoms with E-state index in [2.05, 4.69) is 146 Å². The summed E-state index contributed by atoms with van der Waals surface area (Å²) in [4.78, 5) is 0. The molecule has 0 amide bonds. The molecule has 2 saturated carbocycles. The van der Waals surface area contributed by atoms with Gasteiger partial charge >= 0.3 is 17.1 Å². The van der Waals surface area contributed by atoms with E-state index in [1.165, 1.54) is 141 Å². The summed E-state index contributed by atoms with van der Waals surface area (Å²) in [5.41, 5.74) is 14.4. The van der Waals surface area contributed by atoms with E-state index in [1.54, 1.807) is 22.3 Å². The molecular weight excluding hydrogens is 766 g/mol. The van der Waals surface area contributed by atoms with Crippen LogP contribution in [0.1, 0.15) is 73.6 Å². The molecule has 2 aliphatic carbocycles. The van der Waals surface area contributed by atoms with Crippen molar-refractivity contribution in [3.63, 3.8) is 0 Å². The van der Waals surface area contributed by atoms with Crippen molar-refractivity contribution in [1.29, 1.82) is 0 Å². The van der Waals surface area contributed by atoms with Crippen molar-refractivity contribution in [1.82, 2.24) is 0 Å². The van der Waals surface area contributed by atoms with Gasteiger partial charge in [-0.05, 0) is 149 Å². The van der Waals surface area contributed by atoms with Crippen LogP contribution in [0.25, 0.3) is 65.3 Å². The molecule has 4 aliphatic rings. The van der Waals surface area contributed by atoms with E-state index in [9.17, 15) is 0 Å². The Balaban J connectivity index is 0.000000137. The van der Waals surface area contributed by atoms with Crippen LogP contribution in [-0.4, -0.2) is 11.3 Å². The maximum atomic E-state index is 2.44. The Kier molecular flexibility index (Phi) is 10.6. The predicted molar refractivity (Wildman–Crippen MR) is 247 cm³/mol. The normalized spacial score (nSPS) is 17.3. The Labute approximate surface area is 351 Å². The maximum absolute atomic E-state index is 2.44. The van der Waals surface area contributed by atoms with Crippen LogP contribution in [0.4, 0.5) is 0 Å². The van der Waals surface area contributed by atoms with Gasteiger partial charge in [-0.15, -0.1) is 0 Å². The summed E-state index contributed by atoms with van der Waals surface area (Å²) in [6.45, 7) is 0. The summed E-state index contributed by atoms with van der Waals surface area (Å²) < 4.78 is 0. The van der Waals surface area contributed by atoms with Crippen molar-refractivity contribution in [3.8, 4) is 22.3 Å². The summed E-state index contributed by atoms with van der Waals surface area (Å²) >= 11 is 0. The monoisotopic (exact) mass is 816 g/mol. The zero-order chi connectivity index (χ0) is 37.0. The van der Waals surface area contributed by atoms with Crippen LogP contribution in [0.5, 0.6) is 0 Å². The van der Waals surface area contributed by atoms with Crippen LogP contribution in [0.3, 0.4) is 0 Å². The third-order valence-corrected chi connectivity index (χ3v) is 19.8. The van der Waals surface area contributed by atoms with Gasteiger partial charge in [-0.1, -0.05) is 187 Å². The minimum atomic E-state index is 0. The fraction of sp³-hybridized carbons (Fsp3) is 0.259. The smallest absolute Gasteiger partial charge is 0.0945 e. The minimum absolute atomic E-state index is 0. The van der Waals surface area contributed by atoms with E-state index in [4.69, 9.17) is 0 Å². The van der Waals surface area contributed by atoms with E-state index in [-0.39, 0.29) is 32.9 Å². The van der Waals surface area contributed by atoms with Crippen molar-refractivity contribution in [2.24, 2.45) is 0 Å². The van der Waals surface area contributed by atoms with Gasteiger partial charge in [-0.3, -0.25) is 0 Å². The van der Waals surface area contributed by atoms with Gasteiger partial charge in [0.05, 0.1) is 0 Å². The van der Waals surface area contributed by atoms with Crippen molar-refractivity contribution >= 4 is 58.9 Å². The van der Waals surface area contributed by atoms with Gasteiger partial charge in [0.25, 0.3) is 0 Å². The molecule has 2 aliphatic heterocycles. The topological polar surface area (TPSA) is 0 Å². The SMILES string of the molecule is [Fe+2].c1ccc2c3c(ccc2c1)CP(C1CCCC1)Cc1ccc2ccccc2c1-3.c1ccc2c3c(ccc2c1)CP(C1CCCC1)Cc1ccc2ccccc2c1-3. The summed E-state index contributed by atoms with van der Waals surface area (Å²) in [6.07, 6.45) is 16.8. The van der Waals surface area contributed by atoms with Gasteiger partial charge in [0, 0.05) is 0 Å². The fourth-order valence-corrected chi connectivity index (χ4v) is 17.3. The second kappa shape index (κ2) is 16.1. The van der Waals surface area contributed by atoms with Gasteiger partial charge in [0.2, 0.25) is 0 Å². The number of hydrogen-bond acceptors (Lipinski definition) is 0. The van der Waals surface area contributed by atoms with Gasteiger partial charge in [-0.25, -0.2) is 0 Å². The van der Waals surface area contributed by atoms with E-state index >= 15 is 0 Å². The van der Waals surface area contributed by atoms with Crippen LogP contribution in [0, 0.1) is 0 Å². The van der Waals surface area contributed by atoms with Gasteiger partial charge < -0.3 is 0 Å². The summed E-state index contributed by atoms with van der Waals surface area (Å²) in [5, 5.41) is 11.2. The van der Waals surface area contributed by atoms with E-state index in [0.29, 0.717) is 0 Å². The summed E-state index contributed by atoms with van der Waals surface area (Å²) in [5.74, 6) is 0. The number of rotatable bonds is 2. The number of fused-ring (bicyclic) bond motifs is 14. The van der Waals surface area contributed by atoms with Crippen LogP contribution in [0.15, 0.2) is 146 Å². The molecule has 8 aromatic rings. The zero-order valence-corrected chi connectivity index (χ0v) is 35.6. The van der Waals surface area contributed by atoms with E-state index in [0.717, 1.165) is 11.3 Å². The van der Waals surface area contributed by atoms with Gasteiger partial charge in [-0.2, -0.15) is 0 Å². The molecule has 2 heterocycles. The van der Waals surface area contributed by atoms with Gasteiger partial charge in [0.1, 0.15) is 0 Å². The minimum Gasteiger partial charge on any atom is -0.0945 e. The second-order valence-electron chi connectivity index (χ2n) is 17.0. The standard InChI is InChI=1S/2C27H25P.Fe/c2*1-5-11-24-19(7-1)13-15-21-17-28(23-9-3-4-10-23)18-22-16-14-20-8-2-6-12-25(20)27(22)26(21)24;/h2*1-2,5-8,11-16,23H,3-4,9-10,17-18H2;/q;;+2. The first kappa shape index (κ1) is 37.4. The largest absolute Gasteiger partial charge is 2.00 e. The van der Waals surface area contributed by atoms with E-state index < -0.39 is 0 Å². The van der Waals surface area contributed by atoms with E-state index in [1.807, 2.05) is 0 Å². The molecule has 8 aromatic carbocycles. The first-order valence-corrected chi connectivity index (χ1v) is 24.8. The molecule has 0 saturated heterocycles. The first-order chi connectivity index (χ1) is 27.8.